The maximum atomic E-state index is 12.3. The molecule has 0 bridgehead atoms. The lowest BCUT2D eigenvalue weighted by molar-refractivity contribution is -0.136. The molecule has 0 rings (SSSR count). The molecule has 4 heteroatoms. The summed E-state index contributed by atoms with van der Waals surface area (Å²) in [5.41, 5.74) is 5.08. The van der Waals surface area contributed by atoms with Crippen molar-refractivity contribution in [2.75, 3.05) is 0 Å². The summed E-state index contributed by atoms with van der Waals surface area (Å²) in [4.78, 5) is 23.8. The molecule has 104 valence electrons. The average molecular weight is 254 g/mol. The van der Waals surface area contributed by atoms with E-state index in [-0.39, 0.29) is 17.4 Å². The number of allylic oxidation sites excluding steroid dienone is 1. The second kappa shape index (κ2) is 6.57. The van der Waals surface area contributed by atoms with Crippen molar-refractivity contribution < 1.29 is 9.59 Å². The highest BCUT2D eigenvalue weighted by Gasteiger charge is 2.35. The zero-order chi connectivity index (χ0) is 14.5. The number of nitrogens with one attached hydrogen (secondary N) is 1. The van der Waals surface area contributed by atoms with Gasteiger partial charge < -0.3 is 11.1 Å². The zero-order valence-electron chi connectivity index (χ0n) is 12.1. The molecule has 0 aromatic carbocycles. The van der Waals surface area contributed by atoms with Gasteiger partial charge in [0.2, 0.25) is 11.8 Å². The van der Waals surface area contributed by atoms with Crippen molar-refractivity contribution in [2.24, 2.45) is 23.5 Å². The Kier molecular flexibility index (Phi) is 6.09. The predicted octanol–water partition coefficient (Wildman–Crippen LogP) is 1.85. The number of rotatable bonds is 6. The van der Waals surface area contributed by atoms with E-state index in [1.165, 1.54) is 0 Å². The molecule has 2 amide bonds. The van der Waals surface area contributed by atoms with Gasteiger partial charge in [0, 0.05) is 5.54 Å². The summed E-state index contributed by atoms with van der Waals surface area (Å²) in [6.07, 6.45) is 2.06. The number of nitrogens with two attached hydrogens (primary N) is 1. The van der Waals surface area contributed by atoms with Crippen LogP contribution in [0.15, 0.2) is 12.7 Å². The number of amides is 2. The molecule has 0 aliphatic carbocycles. The first-order valence-corrected chi connectivity index (χ1v) is 6.32. The number of carbonyl (C=O) groups is 2. The Balaban J connectivity index is 5.09. The summed E-state index contributed by atoms with van der Waals surface area (Å²) in [5, 5.41) is 2.91. The van der Waals surface area contributed by atoms with Gasteiger partial charge in [0.1, 0.15) is 0 Å². The smallest absolute Gasteiger partial charge is 0.224 e. The molecule has 4 nitrogen and oxygen atoms in total. The first-order valence-electron chi connectivity index (χ1n) is 6.32. The fraction of sp³-hybridized carbons (Fsp3) is 0.714. The van der Waals surface area contributed by atoms with Crippen LogP contribution in [0.5, 0.6) is 0 Å². The van der Waals surface area contributed by atoms with Gasteiger partial charge in [-0.3, -0.25) is 9.59 Å². The minimum absolute atomic E-state index is 0.0461. The maximum absolute atomic E-state index is 12.3. The Morgan fingerprint density at radius 1 is 1.33 bits per heavy atom. The van der Waals surface area contributed by atoms with Crippen molar-refractivity contribution in [3.8, 4) is 0 Å². The molecule has 0 heterocycles. The molecule has 0 aromatic rings. The average Bonchev–Trinajstić information content (AvgIpc) is 2.13. The molecule has 2 atom stereocenters. The molecule has 0 saturated carbocycles. The predicted molar refractivity (Wildman–Crippen MR) is 73.7 cm³/mol. The number of hydrogen-bond acceptors (Lipinski definition) is 2. The first-order chi connectivity index (χ1) is 8.10. The van der Waals surface area contributed by atoms with E-state index < -0.39 is 17.7 Å². The minimum atomic E-state index is -0.496. The van der Waals surface area contributed by atoms with Crippen LogP contribution in [0.3, 0.4) is 0 Å². The molecule has 1 unspecified atom stereocenters. The third kappa shape index (κ3) is 5.34. The summed E-state index contributed by atoms with van der Waals surface area (Å²) in [6.45, 7) is 13.2. The van der Waals surface area contributed by atoms with Crippen molar-refractivity contribution >= 4 is 11.8 Å². The monoisotopic (exact) mass is 254 g/mol. The van der Waals surface area contributed by atoms with Crippen LogP contribution >= 0.6 is 0 Å². The lowest BCUT2D eigenvalue weighted by atomic mass is 9.80. The van der Waals surface area contributed by atoms with Crippen LogP contribution in [0.1, 0.15) is 41.0 Å². The molecule has 0 radical (unpaired) electrons. The highest BCUT2D eigenvalue weighted by molar-refractivity contribution is 5.87. The quantitative estimate of drug-likeness (QED) is 0.710. The van der Waals surface area contributed by atoms with E-state index in [9.17, 15) is 9.59 Å². The Bertz CT molecular complexity index is 316. The highest BCUT2D eigenvalue weighted by atomic mass is 16.2. The topological polar surface area (TPSA) is 72.2 Å². The molecular weight excluding hydrogens is 228 g/mol. The van der Waals surface area contributed by atoms with Gasteiger partial charge in [0.25, 0.3) is 0 Å². The molecule has 0 aliphatic heterocycles. The van der Waals surface area contributed by atoms with Crippen molar-refractivity contribution in [1.29, 1.82) is 0 Å². The Hall–Kier alpha value is -1.32. The van der Waals surface area contributed by atoms with Crippen LogP contribution in [0, 0.1) is 17.8 Å². The number of carbonyl (C=O) groups excluding carboxylic acids is 2. The summed E-state index contributed by atoms with van der Waals surface area (Å²) < 4.78 is 0. The maximum Gasteiger partial charge on any atom is 0.224 e. The summed E-state index contributed by atoms with van der Waals surface area (Å²) in [5.74, 6) is -1.44. The number of hydrogen-bond donors (Lipinski definition) is 2. The number of primary amides is 1. The lowest BCUT2D eigenvalue weighted by Gasteiger charge is -2.30. The first kappa shape index (κ1) is 16.7. The van der Waals surface area contributed by atoms with Crippen LogP contribution in [-0.2, 0) is 9.59 Å². The zero-order valence-corrected chi connectivity index (χ0v) is 12.1. The summed E-state index contributed by atoms with van der Waals surface area (Å²) in [7, 11) is 0. The van der Waals surface area contributed by atoms with Crippen LogP contribution in [0.2, 0.25) is 0 Å². The van der Waals surface area contributed by atoms with E-state index in [1.54, 1.807) is 6.08 Å². The fourth-order valence-electron chi connectivity index (χ4n) is 2.02. The van der Waals surface area contributed by atoms with Crippen LogP contribution in [0.25, 0.3) is 0 Å². The van der Waals surface area contributed by atoms with E-state index >= 15 is 0 Å². The van der Waals surface area contributed by atoms with E-state index in [4.69, 9.17) is 5.73 Å². The Labute approximate surface area is 110 Å². The van der Waals surface area contributed by atoms with E-state index in [1.807, 2.05) is 34.6 Å². The van der Waals surface area contributed by atoms with Gasteiger partial charge in [-0.15, -0.1) is 6.58 Å². The lowest BCUT2D eigenvalue weighted by Crippen LogP contribution is -2.49. The van der Waals surface area contributed by atoms with Crippen LogP contribution in [-0.4, -0.2) is 17.4 Å². The van der Waals surface area contributed by atoms with Gasteiger partial charge in [0.05, 0.1) is 11.8 Å². The molecular formula is C14H26N2O2. The highest BCUT2D eigenvalue weighted by Crippen LogP contribution is 2.25. The van der Waals surface area contributed by atoms with Crippen molar-refractivity contribution in [1.82, 2.24) is 5.32 Å². The summed E-state index contributed by atoms with van der Waals surface area (Å²) in [6, 6.07) is 0. The van der Waals surface area contributed by atoms with E-state index in [2.05, 4.69) is 11.9 Å². The van der Waals surface area contributed by atoms with Gasteiger partial charge in [0.15, 0.2) is 0 Å². The van der Waals surface area contributed by atoms with Gasteiger partial charge in [-0.05, 0) is 33.1 Å². The van der Waals surface area contributed by atoms with Gasteiger partial charge in [-0.2, -0.15) is 0 Å². The van der Waals surface area contributed by atoms with E-state index in [0.29, 0.717) is 6.42 Å². The third-order valence-electron chi connectivity index (χ3n) is 2.74. The van der Waals surface area contributed by atoms with Gasteiger partial charge >= 0.3 is 0 Å². The van der Waals surface area contributed by atoms with Crippen molar-refractivity contribution in [3.05, 3.63) is 12.7 Å². The Morgan fingerprint density at radius 2 is 1.83 bits per heavy atom. The normalized spacial score (nSPS) is 15.0. The third-order valence-corrected chi connectivity index (χ3v) is 2.74. The van der Waals surface area contributed by atoms with Gasteiger partial charge in [-0.1, -0.05) is 19.9 Å². The molecule has 0 spiro atoms. The van der Waals surface area contributed by atoms with Crippen molar-refractivity contribution in [3.63, 3.8) is 0 Å². The molecule has 0 aromatic heterocycles. The largest absolute Gasteiger partial charge is 0.369 e. The molecule has 0 aliphatic rings. The van der Waals surface area contributed by atoms with E-state index in [0.717, 1.165) is 0 Å². The molecule has 3 N–H and O–H groups in total. The summed E-state index contributed by atoms with van der Waals surface area (Å²) >= 11 is 0. The molecule has 18 heavy (non-hydrogen) atoms. The van der Waals surface area contributed by atoms with Crippen LogP contribution in [0.4, 0.5) is 0 Å². The Morgan fingerprint density at radius 3 is 2.11 bits per heavy atom. The second-order valence-corrected chi connectivity index (χ2v) is 6.04. The van der Waals surface area contributed by atoms with Gasteiger partial charge in [-0.25, -0.2) is 0 Å². The molecule has 0 fully saturated rings. The standard InChI is InChI=1S/C14H26N2O2/c1-7-8-10(12(15)17)11(9(2)3)13(18)16-14(4,5)6/h7,9-11H,1,8H2,2-6H3,(H2,15,17)(H,16,18)/t10-,11?/m0/s1. The molecule has 0 saturated heterocycles. The minimum Gasteiger partial charge on any atom is -0.369 e. The van der Waals surface area contributed by atoms with Crippen molar-refractivity contribution in [2.45, 2.75) is 46.6 Å². The fourth-order valence-corrected chi connectivity index (χ4v) is 2.02. The second-order valence-electron chi connectivity index (χ2n) is 6.04. The van der Waals surface area contributed by atoms with Crippen LogP contribution < -0.4 is 11.1 Å². The SMILES string of the molecule is C=CC[C@H](C(N)=O)C(C(=O)NC(C)(C)C)C(C)C.